The summed E-state index contributed by atoms with van der Waals surface area (Å²) in [6.45, 7) is 3.49. The minimum absolute atomic E-state index is 0.0120. The molecular weight excluding hydrogens is 509 g/mol. The van der Waals surface area contributed by atoms with Crippen LogP contribution < -0.4 is 9.62 Å². The molecule has 1 saturated heterocycles. The van der Waals surface area contributed by atoms with Gasteiger partial charge in [-0.15, -0.1) is 0 Å². The van der Waals surface area contributed by atoms with Crippen molar-refractivity contribution in [3.63, 3.8) is 0 Å². The molecule has 37 heavy (non-hydrogen) atoms. The molecule has 4 rings (SSSR count). The van der Waals surface area contributed by atoms with Crippen LogP contribution in [0.3, 0.4) is 0 Å². The predicted octanol–water partition coefficient (Wildman–Crippen LogP) is 4.02. The van der Waals surface area contributed by atoms with Crippen molar-refractivity contribution in [2.24, 2.45) is 0 Å². The van der Waals surface area contributed by atoms with Crippen molar-refractivity contribution in [3.8, 4) is 0 Å². The van der Waals surface area contributed by atoms with E-state index in [1.807, 2.05) is 22.9 Å². The number of nitrogens with zero attached hydrogens (tertiary/aromatic N) is 3. The van der Waals surface area contributed by atoms with Gasteiger partial charge in [-0.1, -0.05) is 36.4 Å². The lowest BCUT2D eigenvalue weighted by molar-refractivity contribution is -0.122. The first-order chi connectivity index (χ1) is 17.6. The Bertz CT molecular complexity index is 1340. The minimum Gasteiger partial charge on any atom is -0.483 e. The number of aromatic nitrogens is 1. The second-order valence-corrected chi connectivity index (χ2v) is 10.1. The molecule has 0 bridgehead atoms. The molecule has 0 saturated carbocycles. The molecule has 2 aromatic carbocycles. The van der Waals surface area contributed by atoms with Crippen molar-refractivity contribution in [1.82, 2.24) is 9.88 Å². The predicted molar refractivity (Wildman–Crippen MR) is 133 cm³/mol. The largest absolute Gasteiger partial charge is 0.483 e. The summed E-state index contributed by atoms with van der Waals surface area (Å²) in [4.78, 5) is 14.7. The lowest BCUT2D eigenvalue weighted by Gasteiger charge is -2.29. The number of hydrogen-bond donors (Lipinski definition) is 2. The van der Waals surface area contributed by atoms with Crippen molar-refractivity contribution >= 4 is 28.0 Å². The highest BCUT2D eigenvalue weighted by Gasteiger charge is 2.32. The van der Waals surface area contributed by atoms with E-state index in [0.717, 1.165) is 31.6 Å². The molecule has 8 nitrogen and oxygen atoms in total. The van der Waals surface area contributed by atoms with Gasteiger partial charge in [0.05, 0.1) is 0 Å². The van der Waals surface area contributed by atoms with Crippen LogP contribution in [0.1, 0.15) is 17.5 Å². The first-order valence-electron chi connectivity index (χ1n) is 11.3. The van der Waals surface area contributed by atoms with E-state index < -0.39 is 32.5 Å². The van der Waals surface area contributed by atoms with E-state index in [2.05, 4.69) is 22.0 Å². The summed E-state index contributed by atoms with van der Waals surface area (Å²) in [7, 11) is -2.92. The fraction of sp³-hybridized carbons (Fsp3) is 0.280. The minimum atomic E-state index is -4.67. The number of likely N-dealkylation sites (N-methyl/N-ethyl adjacent to an activating group) is 1. The number of nitrogens with one attached hydrogen (secondary N) is 1. The molecule has 3 aromatic rings. The van der Waals surface area contributed by atoms with Crippen LogP contribution in [-0.2, 0) is 21.4 Å². The first kappa shape index (κ1) is 27.9. The molecule has 2 N–H and O–H groups in total. The number of anilines is 2. The zero-order chi connectivity index (χ0) is 27.2. The van der Waals surface area contributed by atoms with Crippen molar-refractivity contribution < 1.29 is 31.5 Å². The van der Waals surface area contributed by atoms with Gasteiger partial charge in [-0.2, -0.15) is 4.39 Å². The molecule has 0 radical (unpaired) electrons. The number of pyridine rings is 1. The summed E-state index contributed by atoms with van der Waals surface area (Å²) >= 11 is 0. The molecule has 1 fully saturated rings. The Morgan fingerprint density at radius 1 is 1.16 bits per heavy atom. The number of likely N-dealkylation sites (tertiary alicyclic amines) is 1. The SMILES string of the molecule is Cc1c(N(C)C2CCN(Cc3ccccc3)C2)cc(F)c(S(=O)(=O)Nc2cccc(F)n2)c1F.O=CO. The normalized spacial score (nSPS) is 15.5. The Balaban J connectivity index is 0.00000121. The number of carboxylic acid groups (broad SMARTS) is 1. The highest BCUT2D eigenvalue weighted by molar-refractivity contribution is 7.92. The third-order valence-electron chi connectivity index (χ3n) is 6.04. The van der Waals surface area contributed by atoms with Crippen LogP contribution in [0.2, 0.25) is 0 Å². The Labute approximate surface area is 213 Å². The highest BCUT2D eigenvalue weighted by Crippen LogP contribution is 2.33. The molecule has 1 aromatic heterocycles. The lowest BCUT2D eigenvalue weighted by Crippen LogP contribution is -2.35. The summed E-state index contributed by atoms with van der Waals surface area (Å²) in [6, 6.07) is 14.5. The molecule has 2 heterocycles. The van der Waals surface area contributed by atoms with Gasteiger partial charge in [-0.25, -0.2) is 22.2 Å². The second-order valence-electron chi connectivity index (χ2n) is 8.48. The van der Waals surface area contributed by atoms with Crippen LogP contribution in [0.15, 0.2) is 59.5 Å². The van der Waals surface area contributed by atoms with E-state index in [1.165, 1.54) is 24.6 Å². The molecule has 12 heteroatoms. The van der Waals surface area contributed by atoms with Crippen molar-refractivity contribution in [2.45, 2.75) is 30.8 Å². The third kappa shape index (κ3) is 6.77. The first-order valence-corrected chi connectivity index (χ1v) is 12.8. The lowest BCUT2D eigenvalue weighted by atomic mass is 10.1. The maximum absolute atomic E-state index is 15.2. The van der Waals surface area contributed by atoms with Gasteiger partial charge >= 0.3 is 0 Å². The van der Waals surface area contributed by atoms with Crippen LogP contribution in [-0.4, -0.2) is 56.1 Å². The fourth-order valence-electron chi connectivity index (χ4n) is 4.26. The van der Waals surface area contributed by atoms with Crippen molar-refractivity contribution in [1.29, 1.82) is 0 Å². The number of carbonyl (C=O) groups is 1. The summed E-state index contributed by atoms with van der Waals surface area (Å²) in [6.07, 6.45) is 0.804. The van der Waals surface area contributed by atoms with Crippen LogP contribution in [0, 0.1) is 24.5 Å². The van der Waals surface area contributed by atoms with Gasteiger partial charge < -0.3 is 10.0 Å². The number of rotatable bonds is 7. The van der Waals surface area contributed by atoms with Crippen LogP contribution >= 0.6 is 0 Å². The monoisotopic (exact) mass is 536 g/mol. The van der Waals surface area contributed by atoms with E-state index in [4.69, 9.17) is 9.90 Å². The molecular formula is C25H27F3N4O4S. The smallest absolute Gasteiger partial charge is 0.290 e. The maximum Gasteiger partial charge on any atom is 0.290 e. The van der Waals surface area contributed by atoms with E-state index >= 15 is 4.39 Å². The second kappa shape index (κ2) is 12.1. The average Bonchev–Trinajstić information content (AvgIpc) is 3.30. The van der Waals surface area contributed by atoms with Gasteiger partial charge in [0.1, 0.15) is 11.6 Å². The number of hydrogen-bond acceptors (Lipinski definition) is 6. The number of benzene rings is 2. The molecule has 1 aliphatic rings. The van der Waals surface area contributed by atoms with E-state index in [-0.39, 0.29) is 29.6 Å². The molecule has 1 aliphatic heterocycles. The standard InChI is InChI=1S/C24H25F3N4O2S.CH2O2/c1-16-20(30(2)18-11-12-31(15-18)14-17-7-4-3-5-8-17)13-19(25)24(23(16)27)34(32,33)29-22-10-6-9-21(26)28-22;2-1-3/h3-10,13,18H,11-12,14-15H2,1-2H3,(H,28,29);1H,(H,2,3). The zero-order valence-corrected chi connectivity index (χ0v) is 21.1. The number of sulfonamides is 1. The quantitative estimate of drug-likeness (QED) is 0.347. The Morgan fingerprint density at radius 2 is 1.84 bits per heavy atom. The van der Waals surface area contributed by atoms with Gasteiger partial charge in [-0.3, -0.25) is 14.4 Å². The van der Waals surface area contributed by atoms with E-state index in [0.29, 0.717) is 6.54 Å². The van der Waals surface area contributed by atoms with E-state index in [1.54, 1.807) is 11.9 Å². The average molecular weight is 537 g/mol. The maximum atomic E-state index is 15.2. The van der Waals surface area contributed by atoms with Gasteiger partial charge in [0.25, 0.3) is 16.5 Å². The van der Waals surface area contributed by atoms with Gasteiger partial charge in [0, 0.05) is 44.0 Å². The van der Waals surface area contributed by atoms with Crippen LogP contribution in [0.5, 0.6) is 0 Å². The summed E-state index contributed by atoms with van der Waals surface area (Å²) < 4.78 is 70.8. The zero-order valence-electron chi connectivity index (χ0n) is 20.2. The van der Waals surface area contributed by atoms with Gasteiger partial charge in [-0.05, 0) is 37.1 Å². The highest BCUT2D eigenvalue weighted by atomic mass is 32.2. The Hall–Kier alpha value is -3.64. The van der Waals surface area contributed by atoms with Gasteiger partial charge in [0.2, 0.25) is 5.95 Å². The fourth-order valence-corrected chi connectivity index (χ4v) is 5.45. The third-order valence-corrected chi connectivity index (χ3v) is 7.43. The van der Waals surface area contributed by atoms with Crippen LogP contribution in [0.25, 0.3) is 0 Å². The van der Waals surface area contributed by atoms with E-state index in [9.17, 15) is 17.2 Å². The molecule has 0 aliphatic carbocycles. The number of halogens is 3. The summed E-state index contributed by atoms with van der Waals surface area (Å²) in [5.74, 6) is -3.72. The summed E-state index contributed by atoms with van der Waals surface area (Å²) in [5, 5.41) is 6.89. The molecule has 0 spiro atoms. The van der Waals surface area contributed by atoms with Gasteiger partial charge in [0.15, 0.2) is 10.7 Å². The van der Waals surface area contributed by atoms with Crippen LogP contribution in [0.4, 0.5) is 24.7 Å². The summed E-state index contributed by atoms with van der Waals surface area (Å²) in [5.41, 5.74) is 1.48. The molecule has 0 amide bonds. The van der Waals surface area contributed by atoms with Crippen molar-refractivity contribution in [3.05, 3.63) is 83.3 Å². The molecule has 1 atom stereocenters. The Morgan fingerprint density at radius 3 is 2.49 bits per heavy atom. The van der Waals surface area contributed by atoms with Crippen molar-refractivity contribution in [2.75, 3.05) is 29.8 Å². The Kier molecular flexibility index (Phi) is 9.11. The topological polar surface area (TPSA) is 103 Å². The molecule has 198 valence electrons. The molecule has 1 unspecified atom stereocenters.